The molecule has 0 unspecified atom stereocenters. The molecule has 0 bridgehead atoms. The maximum absolute atomic E-state index is 4.81. The van der Waals surface area contributed by atoms with E-state index in [-0.39, 0.29) is 16.5 Å². The van der Waals surface area contributed by atoms with Crippen LogP contribution in [0.5, 0.6) is 0 Å². The van der Waals surface area contributed by atoms with Crippen LogP contribution in [0.15, 0.2) is 59.0 Å². The Balaban J connectivity index is 0.000000483. The zero-order valence-electron chi connectivity index (χ0n) is 14.7. The van der Waals surface area contributed by atoms with Crippen molar-refractivity contribution in [3.8, 4) is 0 Å². The van der Waals surface area contributed by atoms with Gasteiger partial charge in [0.2, 0.25) is 0 Å². The number of pyridine rings is 2. The Morgan fingerprint density at radius 2 is 1.22 bits per heavy atom. The van der Waals surface area contributed by atoms with Crippen LogP contribution in [0.4, 0.5) is 0 Å². The molecule has 0 saturated heterocycles. The molecule has 0 aromatic carbocycles. The fourth-order valence-electron chi connectivity index (χ4n) is 1.33. The summed E-state index contributed by atoms with van der Waals surface area (Å²) in [5, 5.41) is 14.2. The van der Waals surface area contributed by atoms with Gasteiger partial charge < -0.3 is 10.6 Å². The first kappa shape index (κ1) is 24.5. The third-order valence-corrected chi connectivity index (χ3v) is 3.15. The topological polar surface area (TPSA) is 98.6 Å². The number of hydrogen-bond donors (Lipinski definition) is 4. The Bertz CT molecular complexity index is 662. The molecule has 4 N–H and O–H groups in total. The molecule has 144 valence electrons. The van der Waals surface area contributed by atoms with Gasteiger partial charge in [0.25, 0.3) is 0 Å². The van der Waals surface area contributed by atoms with Crippen LogP contribution in [0.25, 0.3) is 0 Å². The van der Waals surface area contributed by atoms with Crippen molar-refractivity contribution in [2.45, 2.75) is 0 Å². The summed E-state index contributed by atoms with van der Waals surface area (Å²) in [5.74, 6) is 0. The van der Waals surface area contributed by atoms with Gasteiger partial charge in [-0.25, -0.2) is 0 Å². The molecule has 2 aromatic heterocycles. The van der Waals surface area contributed by atoms with E-state index in [9.17, 15) is 0 Å². The summed E-state index contributed by atoms with van der Waals surface area (Å²) >= 11 is 9.63. The molecule has 2 aromatic rings. The van der Waals surface area contributed by atoms with E-state index in [1.165, 1.54) is 0 Å². The molecule has 0 aliphatic carbocycles. The fraction of sp³-hybridized carbons (Fsp3) is 0.125. The number of hydrazone groups is 2. The molecule has 0 fully saturated rings. The van der Waals surface area contributed by atoms with Gasteiger partial charge in [0, 0.05) is 26.5 Å². The molecule has 0 radical (unpaired) electrons. The van der Waals surface area contributed by atoms with Crippen molar-refractivity contribution in [2.75, 3.05) is 14.1 Å². The first-order valence-corrected chi connectivity index (χ1v) is 8.31. The number of rotatable bonds is 4. The van der Waals surface area contributed by atoms with Crippen LogP contribution in [0.2, 0.25) is 0 Å². The van der Waals surface area contributed by atoms with E-state index in [1.807, 2.05) is 36.4 Å². The van der Waals surface area contributed by atoms with Crippen molar-refractivity contribution >= 4 is 47.1 Å². The second-order valence-electron chi connectivity index (χ2n) is 4.41. The Morgan fingerprint density at radius 1 is 0.815 bits per heavy atom. The molecule has 2 rings (SSSR count). The van der Waals surface area contributed by atoms with Gasteiger partial charge in [0.05, 0.1) is 23.8 Å². The second kappa shape index (κ2) is 15.7. The Morgan fingerprint density at radius 3 is 1.52 bits per heavy atom. The average Bonchev–Trinajstić information content (AvgIpc) is 2.70. The molecular formula is C16H20N8NiS2+2. The average molecular weight is 447 g/mol. The van der Waals surface area contributed by atoms with Crippen LogP contribution in [0.3, 0.4) is 0 Å². The van der Waals surface area contributed by atoms with Gasteiger partial charge >= 0.3 is 16.5 Å². The second-order valence-corrected chi connectivity index (χ2v) is 5.22. The van der Waals surface area contributed by atoms with Gasteiger partial charge in [0.15, 0.2) is 10.2 Å². The van der Waals surface area contributed by atoms with Gasteiger partial charge in [-0.2, -0.15) is 10.2 Å². The van der Waals surface area contributed by atoms with Crippen LogP contribution in [0.1, 0.15) is 11.4 Å². The summed E-state index contributed by atoms with van der Waals surface area (Å²) in [5.41, 5.74) is 6.83. The van der Waals surface area contributed by atoms with Crippen LogP contribution in [-0.2, 0) is 16.5 Å². The number of aromatic nitrogens is 2. The van der Waals surface area contributed by atoms with Crippen molar-refractivity contribution < 1.29 is 16.5 Å². The predicted molar refractivity (Wildman–Crippen MR) is 113 cm³/mol. The minimum atomic E-state index is 0. The third kappa shape index (κ3) is 12.5. The Kier molecular flexibility index (Phi) is 14.3. The molecule has 0 atom stereocenters. The van der Waals surface area contributed by atoms with Crippen LogP contribution in [0, 0.1) is 0 Å². The molecule has 0 amide bonds. The quantitative estimate of drug-likeness (QED) is 0.239. The minimum Gasteiger partial charge on any atom is -0.364 e. The van der Waals surface area contributed by atoms with Crippen molar-refractivity contribution in [3.63, 3.8) is 0 Å². The molecule has 0 spiro atoms. The van der Waals surface area contributed by atoms with Crippen molar-refractivity contribution in [3.05, 3.63) is 60.2 Å². The standard InChI is InChI=1S/2C8H10N4S.Ni/c2*1-9-8(13)12-11-6-7-4-2-3-5-10-7;/h2*2-6H,1H3,(H2,9,12,13);/q;;+2. The van der Waals surface area contributed by atoms with Crippen LogP contribution >= 0.6 is 24.4 Å². The summed E-state index contributed by atoms with van der Waals surface area (Å²) in [4.78, 5) is 8.10. The first-order chi connectivity index (χ1) is 12.7. The predicted octanol–water partition coefficient (Wildman–Crippen LogP) is 1.02. The largest absolute Gasteiger partial charge is 2.00 e. The zero-order chi connectivity index (χ0) is 19.0. The molecule has 2 heterocycles. The van der Waals surface area contributed by atoms with E-state index in [0.717, 1.165) is 11.4 Å². The molecule has 8 nitrogen and oxygen atoms in total. The summed E-state index contributed by atoms with van der Waals surface area (Å²) in [6.07, 6.45) is 6.61. The number of thiocarbonyl (C=S) groups is 2. The fourth-order valence-corrected chi connectivity index (χ4v) is 1.44. The molecular weight excluding hydrogens is 427 g/mol. The van der Waals surface area contributed by atoms with E-state index in [2.05, 4.69) is 41.7 Å². The monoisotopic (exact) mass is 446 g/mol. The number of nitrogens with one attached hydrogen (secondary N) is 4. The van der Waals surface area contributed by atoms with E-state index >= 15 is 0 Å². The van der Waals surface area contributed by atoms with E-state index in [4.69, 9.17) is 24.4 Å². The van der Waals surface area contributed by atoms with Crippen molar-refractivity contribution in [2.24, 2.45) is 10.2 Å². The van der Waals surface area contributed by atoms with Gasteiger partial charge in [0.1, 0.15) is 0 Å². The SMILES string of the molecule is CNC(=S)NN=Cc1ccccn1.CNC(=S)NN=Cc1ccccn1.[Ni+2]. The molecule has 0 aliphatic rings. The molecule has 27 heavy (non-hydrogen) atoms. The molecule has 0 aliphatic heterocycles. The normalized spacial score (nSPS) is 9.56. The van der Waals surface area contributed by atoms with Gasteiger partial charge in [-0.15, -0.1) is 0 Å². The van der Waals surface area contributed by atoms with E-state index < -0.39 is 0 Å². The van der Waals surface area contributed by atoms with Crippen molar-refractivity contribution in [1.29, 1.82) is 0 Å². The Labute approximate surface area is 179 Å². The maximum atomic E-state index is 4.81. The van der Waals surface area contributed by atoms with Gasteiger partial charge in [-0.05, 0) is 48.7 Å². The van der Waals surface area contributed by atoms with Gasteiger partial charge in [-0.3, -0.25) is 20.8 Å². The Hall–Kier alpha value is -2.49. The maximum Gasteiger partial charge on any atom is 2.00 e. The summed E-state index contributed by atoms with van der Waals surface area (Å²) in [6, 6.07) is 11.2. The van der Waals surface area contributed by atoms with Crippen LogP contribution in [-0.4, -0.2) is 46.7 Å². The van der Waals surface area contributed by atoms with Crippen LogP contribution < -0.4 is 21.5 Å². The molecule has 11 heteroatoms. The summed E-state index contributed by atoms with van der Waals surface area (Å²) in [6.45, 7) is 0. The van der Waals surface area contributed by atoms with E-state index in [0.29, 0.717) is 10.2 Å². The number of hydrogen-bond acceptors (Lipinski definition) is 6. The smallest absolute Gasteiger partial charge is 0.364 e. The summed E-state index contributed by atoms with van der Waals surface area (Å²) < 4.78 is 0. The molecule has 0 saturated carbocycles. The summed E-state index contributed by atoms with van der Waals surface area (Å²) in [7, 11) is 3.46. The van der Waals surface area contributed by atoms with E-state index in [1.54, 1.807) is 38.9 Å². The van der Waals surface area contributed by atoms with Crippen molar-refractivity contribution in [1.82, 2.24) is 31.5 Å². The zero-order valence-corrected chi connectivity index (χ0v) is 17.3. The van der Waals surface area contributed by atoms with Gasteiger partial charge in [-0.1, -0.05) is 12.1 Å². The number of nitrogens with zero attached hydrogens (tertiary/aromatic N) is 4. The first-order valence-electron chi connectivity index (χ1n) is 7.49. The third-order valence-electron chi connectivity index (χ3n) is 2.56. The minimum absolute atomic E-state index is 0.